The maximum Gasteiger partial charge on any atom is 0.185 e. The minimum atomic E-state index is -0.196. The van der Waals surface area contributed by atoms with Crippen LogP contribution in [0.5, 0.6) is 5.75 Å². The molecule has 0 saturated heterocycles. The molecule has 0 bridgehead atoms. The van der Waals surface area contributed by atoms with E-state index >= 15 is 0 Å². The van der Waals surface area contributed by atoms with Gasteiger partial charge in [0.1, 0.15) is 16.8 Å². The molecule has 3 rings (SSSR count). The Morgan fingerprint density at radius 3 is 2.85 bits per heavy atom. The minimum Gasteiger partial charge on any atom is -0.507 e. The van der Waals surface area contributed by atoms with Crippen LogP contribution in [0.2, 0.25) is 0 Å². The lowest BCUT2D eigenvalue weighted by molar-refractivity contribution is 0.104. The van der Waals surface area contributed by atoms with Crippen LogP contribution in [0.1, 0.15) is 10.4 Å². The number of H-pyrrole nitrogens is 1. The number of aromatic hydroxyl groups is 1. The molecule has 0 saturated carbocycles. The fraction of sp³-hybridized carbons (Fsp3) is 0. The van der Waals surface area contributed by atoms with Gasteiger partial charge in [-0.25, -0.2) is 0 Å². The fourth-order valence-electron chi connectivity index (χ4n) is 2.11. The molecule has 0 aliphatic heterocycles. The Balaban J connectivity index is 2.25. The summed E-state index contributed by atoms with van der Waals surface area (Å²) in [4.78, 5) is 11.7. The molecule has 0 fully saturated rings. The smallest absolute Gasteiger partial charge is 0.185 e. The molecule has 2 N–H and O–H groups in total. The van der Waals surface area contributed by atoms with E-state index in [0.717, 1.165) is 0 Å². The molecule has 0 aliphatic rings. The van der Waals surface area contributed by atoms with Crippen molar-refractivity contribution >= 4 is 16.8 Å². The summed E-state index contributed by atoms with van der Waals surface area (Å²) in [6, 6.07) is 10.1. The van der Waals surface area contributed by atoms with Crippen molar-refractivity contribution < 1.29 is 9.90 Å². The first-order valence-electron chi connectivity index (χ1n) is 6.00. The van der Waals surface area contributed by atoms with Crippen LogP contribution in [0.3, 0.4) is 0 Å². The molecule has 0 aliphatic carbocycles. The Kier molecular flexibility index (Phi) is 2.80. The van der Waals surface area contributed by atoms with E-state index in [4.69, 9.17) is 0 Å². The van der Waals surface area contributed by atoms with Crippen LogP contribution >= 0.6 is 0 Å². The molecule has 0 radical (unpaired) electrons. The first kappa shape index (κ1) is 12.1. The summed E-state index contributed by atoms with van der Waals surface area (Å²) in [5.74, 6) is -0.111. The van der Waals surface area contributed by atoms with Crippen LogP contribution in [-0.4, -0.2) is 26.3 Å². The summed E-state index contributed by atoms with van der Waals surface area (Å²) in [5.41, 5.74) is 3.06. The number of nitrogens with zero attached hydrogens (tertiary/aromatic N) is 2. The number of ketones is 1. The number of aromatic nitrogens is 3. The molecule has 3 aromatic rings. The second kappa shape index (κ2) is 4.62. The predicted octanol–water partition coefficient (Wildman–Crippen LogP) is 2.70. The zero-order valence-corrected chi connectivity index (χ0v) is 10.5. The van der Waals surface area contributed by atoms with Crippen molar-refractivity contribution in [3.63, 3.8) is 0 Å². The molecule has 5 nitrogen and oxygen atoms in total. The molecular formula is C15H11N3O2. The van der Waals surface area contributed by atoms with E-state index < -0.39 is 0 Å². The summed E-state index contributed by atoms with van der Waals surface area (Å²) in [6.45, 7) is 3.46. The highest BCUT2D eigenvalue weighted by molar-refractivity contribution is 6.05. The Morgan fingerprint density at radius 1 is 1.20 bits per heavy atom. The van der Waals surface area contributed by atoms with Crippen LogP contribution in [0, 0.1) is 0 Å². The van der Waals surface area contributed by atoms with Gasteiger partial charge in [0.15, 0.2) is 5.78 Å². The lowest BCUT2D eigenvalue weighted by atomic mass is 9.99. The van der Waals surface area contributed by atoms with Crippen LogP contribution < -0.4 is 0 Å². The third kappa shape index (κ3) is 1.85. The predicted molar refractivity (Wildman–Crippen MR) is 75.5 cm³/mol. The Labute approximate surface area is 114 Å². The number of fused-ring (bicyclic) bond motifs is 1. The van der Waals surface area contributed by atoms with E-state index in [-0.39, 0.29) is 11.5 Å². The van der Waals surface area contributed by atoms with Gasteiger partial charge in [0, 0.05) is 16.7 Å². The van der Waals surface area contributed by atoms with Crippen molar-refractivity contribution in [3.8, 4) is 16.9 Å². The maximum absolute atomic E-state index is 11.7. The molecule has 1 heterocycles. The fourth-order valence-corrected chi connectivity index (χ4v) is 2.11. The van der Waals surface area contributed by atoms with Crippen LogP contribution in [0.15, 0.2) is 49.1 Å². The number of nitrogens with one attached hydrogen (secondary N) is 1. The van der Waals surface area contributed by atoms with Gasteiger partial charge < -0.3 is 5.11 Å². The lowest BCUT2D eigenvalue weighted by Gasteiger charge is -2.07. The van der Waals surface area contributed by atoms with Gasteiger partial charge >= 0.3 is 0 Å². The van der Waals surface area contributed by atoms with Gasteiger partial charge in [-0.05, 0) is 30.3 Å². The van der Waals surface area contributed by atoms with Gasteiger partial charge in [-0.2, -0.15) is 15.4 Å². The molecule has 98 valence electrons. The Morgan fingerprint density at radius 2 is 2.05 bits per heavy atom. The number of phenols is 1. The summed E-state index contributed by atoms with van der Waals surface area (Å²) in [5, 5.41) is 20.7. The standard InChI is InChI=1S/C15H11N3O2/c1-2-13(19)9-6-7-14(20)11(8-9)10-4-3-5-12-15(10)17-18-16-12/h2-8,20H,1H2,(H,16,17,18). The third-order valence-electron chi connectivity index (χ3n) is 3.10. The van der Waals surface area contributed by atoms with Gasteiger partial charge in [0.25, 0.3) is 0 Å². The molecule has 0 amide bonds. The highest BCUT2D eigenvalue weighted by atomic mass is 16.3. The molecule has 0 atom stereocenters. The topological polar surface area (TPSA) is 78.9 Å². The van der Waals surface area contributed by atoms with E-state index in [9.17, 15) is 9.90 Å². The normalized spacial score (nSPS) is 10.6. The van der Waals surface area contributed by atoms with Crippen LogP contribution in [0.4, 0.5) is 0 Å². The average Bonchev–Trinajstić information content (AvgIpc) is 2.95. The maximum atomic E-state index is 11.7. The molecular weight excluding hydrogens is 254 g/mol. The number of para-hydroxylation sites is 1. The summed E-state index contributed by atoms with van der Waals surface area (Å²) < 4.78 is 0. The zero-order chi connectivity index (χ0) is 14.1. The molecule has 20 heavy (non-hydrogen) atoms. The monoisotopic (exact) mass is 265 g/mol. The molecule has 5 heteroatoms. The number of carbonyl (C=O) groups excluding carboxylic acids is 1. The summed E-state index contributed by atoms with van der Waals surface area (Å²) in [6.07, 6.45) is 1.24. The van der Waals surface area contributed by atoms with Crippen molar-refractivity contribution in [1.82, 2.24) is 15.4 Å². The third-order valence-corrected chi connectivity index (χ3v) is 3.10. The van der Waals surface area contributed by atoms with Crippen LogP contribution in [-0.2, 0) is 0 Å². The Hall–Kier alpha value is -2.95. The Bertz CT molecular complexity index is 821. The van der Waals surface area contributed by atoms with E-state index in [2.05, 4.69) is 22.0 Å². The number of hydrogen-bond acceptors (Lipinski definition) is 4. The van der Waals surface area contributed by atoms with Gasteiger partial charge in [0.2, 0.25) is 0 Å². The summed E-state index contributed by atoms with van der Waals surface area (Å²) in [7, 11) is 0. The molecule has 2 aromatic carbocycles. The molecule has 1 aromatic heterocycles. The molecule has 0 spiro atoms. The second-order valence-corrected chi connectivity index (χ2v) is 4.30. The minimum absolute atomic E-state index is 0.0844. The van der Waals surface area contributed by atoms with Crippen molar-refractivity contribution in [2.45, 2.75) is 0 Å². The highest BCUT2D eigenvalue weighted by Crippen LogP contribution is 2.33. The van der Waals surface area contributed by atoms with E-state index in [1.54, 1.807) is 12.1 Å². The van der Waals surface area contributed by atoms with E-state index in [0.29, 0.717) is 27.7 Å². The van der Waals surface area contributed by atoms with E-state index in [1.807, 2.05) is 18.2 Å². The van der Waals surface area contributed by atoms with Crippen molar-refractivity contribution in [2.75, 3.05) is 0 Å². The van der Waals surface area contributed by atoms with Gasteiger partial charge in [-0.1, -0.05) is 18.7 Å². The van der Waals surface area contributed by atoms with Crippen molar-refractivity contribution in [2.24, 2.45) is 0 Å². The highest BCUT2D eigenvalue weighted by Gasteiger charge is 2.13. The number of allylic oxidation sites excluding steroid dienone is 1. The SMILES string of the molecule is C=CC(=O)c1ccc(O)c(-c2cccc3n[nH]nc23)c1. The lowest BCUT2D eigenvalue weighted by Crippen LogP contribution is -1.94. The quantitative estimate of drug-likeness (QED) is 0.563. The van der Waals surface area contributed by atoms with Crippen LogP contribution in [0.25, 0.3) is 22.2 Å². The van der Waals surface area contributed by atoms with Crippen molar-refractivity contribution in [3.05, 3.63) is 54.6 Å². The zero-order valence-electron chi connectivity index (χ0n) is 10.5. The first-order chi connectivity index (χ1) is 9.70. The molecule has 0 unspecified atom stereocenters. The second-order valence-electron chi connectivity index (χ2n) is 4.30. The van der Waals surface area contributed by atoms with Gasteiger partial charge in [-0.15, -0.1) is 0 Å². The van der Waals surface area contributed by atoms with Crippen molar-refractivity contribution in [1.29, 1.82) is 0 Å². The average molecular weight is 265 g/mol. The first-order valence-corrected chi connectivity index (χ1v) is 6.00. The number of phenolic OH excluding ortho intramolecular Hbond substituents is 1. The number of aromatic amines is 1. The van der Waals surface area contributed by atoms with E-state index in [1.165, 1.54) is 12.1 Å². The van der Waals surface area contributed by atoms with Gasteiger partial charge in [0.05, 0.1) is 0 Å². The van der Waals surface area contributed by atoms with Gasteiger partial charge in [-0.3, -0.25) is 4.79 Å². The number of hydrogen-bond donors (Lipinski definition) is 2. The number of benzene rings is 2. The largest absolute Gasteiger partial charge is 0.507 e. The number of rotatable bonds is 3. The number of carbonyl (C=O) groups is 1. The summed E-state index contributed by atoms with van der Waals surface area (Å²) >= 11 is 0.